The fraction of sp³-hybridized carbons (Fsp3) is 0.333. The van der Waals surface area contributed by atoms with Crippen LogP contribution in [0.4, 0.5) is 4.39 Å². The third-order valence-electron chi connectivity index (χ3n) is 0. The molecule has 0 heterocycles. The maximum absolute atomic E-state index is 9.82. The lowest BCUT2D eigenvalue weighted by molar-refractivity contribution is 0.399. The van der Waals surface area contributed by atoms with Gasteiger partial charge in [-0.25, -0.2) is 0 Å². The zero-order valence-electron chi connectivity index (χ0n) is 2.90. The van der Waals surface area contributed by atoms with Crippen LogP contribution in [-0.2, 0) is 0 Å². The lowest BCUT2D eigenvalue weighted by Crippen LogP contribution is -1.25. The molecule has 5 heavy (non-hydrogen) atoms. The number of halogens is 1. The van der Waals surface area contributed by atoms with Crippen LogP contribution in [0.1, 0.15) is 0 Å². The van der Waals surface area contributed by atoms with Gasteiger partial charge < -0.3 is 5.11 Å². The molecule has 0 rings (SSSR count). The molecular weight excluding hydrogens is 71.0 g/mol. The molecule has 1 nitrogen and oxygen atoms in total. The number of aliphatic hydroxyl groups is 1. The molecule has 0 spiro atoms. The van der Waals surface area contributed by atoms with Crippen LogP contribution < -0.4 is 0 Å². The molecule has 1 N–H and O–H groups in total. The van der Waals surface area contributed by atoms with Crippen LogP contribution in [0.25, 0.3) is 0 Å². The Morgan fingerprint density at radius 2 is 1.80 bits per heavy atom. The minimum atomic E-state index is 0.750. The van der Waals surface area contributed by atoms with Crippen LogP contribution in [-0.4, -0.2) is 12.2 Å². The van der Waals surface area contributed by atoms with Crippen molar-refractivity contribution in [2.24, 2.45) is 0 Å². The van der Waals surface area contributed by atoms with Crippen LogP contribution in [0.15, 0.2) is 0 Å². The van der Waals surface area contributed by atoms with Gasteiger partial charge >= 0.3 is 0 Å². The monoisotopic (exact) mass is 76.0 g/mol. The molecule has 0 aliphatic heterocycles. The Balaban J connectivity index is 0. The third-order valence-corrected chi connectivity index (χ3v) is 0. The Labute approximate surface area is 30.4 Å². The van der Waals surface area contributed by atoms with E-state index in [0.717, 1.165) is 13.3 Å². The summed E-state index contributed by atoms with van der Waals surface area (Å²) in [6, 6.07) is 0. The van der Waals surface area contributed by atoms with Crippen LogP contribution in [0.2, 0.25) is 0 Å². The van der Waals surface area contributed by atoms with Gasteiger partial charge in [-0.05, 0) is 0 Å². The van der Waals surface area contributed by atoms with E-state index in [2.05, 4.69) is 6.42 Å². The molecule has 0 saturated heterocycles. The van der Waals surface area contributed by atoms with E-state index in [1.54, 1.807) is 0 Å². The van der Waals surface area contributed by atoms with Gasteiger partial charge in [-0.3, -0.25) is 0 Å². The molecule has 0 radical (unpaired) electrons. The number of terminal acetylenes is 1. The zero-order valence-corrected chi connectivity index (χ0v) is 2.90. The van der Waals surface area contributed by atoms with Gasteiger partial charge in [0.25, 0.3) is 0 Å². The molecule has 0 unspecified atom stereocenters. The van der Waals surface area contributed by atoms with Crippen LogP contribution >= 0.6 is 0 Å². The van der Waals surface area contributed by atoms with Crippen molar-refractivity contribution in [3.63, 3.8) is 0 Å². The molecule has 2 heteroatoms. The predicted molar refractivity (Wildman–Crippen MR) is 18.1 cm³/mol. The average Bonchev–Trinajstić information content (AvgIpc) is 1.46. The van der Waals surface area contributed by atoms with E-state index in [4.69, 9.17) is 5.11 Å². The van der Waals surface area contributed by atoms with Crippen molar-refractivity contribution in [3.8, 4) is 12.6 Å². The summed E-state index contributed by atoms with van der Waals surface area (Å²) in [7, 11) is 1.00. The molecule has 0 amide bonds. The first-order valence-corrected chi connectivity index (χ1v) is 0.925. The Morgan fingerprint density at radius 1 is 1.80 bits per heavy atom. The highest BCUT2D eigenvalue weighted by molar-refractivity contribution is 4.63. The second-order valence-corrected chi connectivity index (χ2v) is 0.109. The zero-order chi connectivity index (χ0) is 4.71. The minimum Gasteiger partial charge on any atom is -0.400 e. The Morgan fingerprint density at radius 3 is 1.80 bits per heavy atom. The fourth-order valence-corrected chi connectivity index (χ4v) is 0. The van der Waals surface area contributed by atoms with Crippen molar-refractivity contribution in [3.05, 3.63) is 0 Å². The van der Waals surface area contributed by atoms with Crippen molar-refractivity contribution >= 4 is 0 Å². The maximum Gasteiger partial charge on any atom is 0.102 e. The number of rotatable bonds is 0. The summed E-state index contributed by atoms with van der Waals surface area (Å²) < 4.78 is 9.82. The quantitative estimate of drug-likeness (QED) is 0.407. The van der Waals surface area contributed by atoms with E-state index in [1.165, 1.54) is 0 Å². The topological polar surface area (TPSA) is 20.2 Å². The van der Waals surface area contributed by atoms with Crippen molar-refractivity contribution in [1.29, 1.82) is 0 Å². The molecule has 0 fully saturated rings. The summed E-state index contributed by atoms with van der Waals surface area (Å²) in [5.41, 5.74) is 0. The normalized spacial score (nSPS) is 2.80. The van der Waals surface area contributed by atoms with Gasteiger partial charge in [0.1, 0.15) is 6.17 Å². The second-order valence-electron chi connectivity index (χ2n) is 0.109. The van der Waals surface area contributed by atoms with E-state index in [1.807, 2.05) is 0 Å². The average molecular weight is 76.1 g/mol. The van der Waals surface area contributed by atoms with Crippen molar-refractivity contribution < 1.29 is 9.50 Å². The van der Waals surface area contributed by atoms with E-state index in [0.29, 0.717) is 0 Å². The van der Waals surface area contributed by atoms with Gasteiger partial charge in [0.15, 0.2) is 0 Å². The van der Waals surface area contributed by atoms with Crippen LogP contribution in [0, 0.1) is 12.6 Å². The number of aliphatic hydroxyl groups excluding tert-OH is 1. The highest BCUT2D eigenvalue weighted by Gasteiger charge is 1.15. The van der Waals surface area contributed by atoms with E-state index < -0.39 is 0 Å². The van der Waals surface area contributed by atoms with Gasteiger partial charge in [0.05, 0.1) is 0 Å². The third kappa shape index (κ3) is 24.0. The molecule has 0 aliphatic carbocycles. The molecule has 0 aliphatic rings. The fourth-order valence-electron chi connectivity index (χ4n) is 0. The number of hydrogen-bond donors (Lipinski definition) is 1. The highest BCUT2D eigenvalue weighted by Crippen LogP contribution is 1.34. The van der Waals surface area contributed by atoms with Gasteiger partial charge in [0.2, 0.25) is 0 Å². The minimum absolute atomic E-state index is 0.750. The smallest absolute Gasteiger partial charge is 0.102 e. The van der Waals surface area contributed by atoms with Crippen LogP contribution in [0.3, 0.4) is 0 Å². The summed E-state index contributed by atoms with van der Waals surface area (Å²) in [5, 5.41) is 7.00. The highest BCUT2D eigenvalue weighted by atomic mass is 19.1. The predicted octanol–water partition coefficient (Wildman–Crippen LogP) is 0.155. The first kappa shape index (κ1) is 8.82. The van der Waals surface area contributed by atoms with E-state index in [9.17, 15) is 4.39 Å². The lowest BCUT2D eigenvalue weighted by atomic mass is 11.4. The Bertz CT molecular complexity index is 28.4. The Hall–Kier alpha value is -0.550. The lowest BCUT2D eigenvalue weighted by Gasteiger charge is -1.21. The molecule has 0 aromatic heterocycles. The summed E-state index contributed by atoms with van der Waals surface area (Å²) in [6.45, 7) is 0. The van der Waals surface area contributed by atoms with Gasteiger partial charge in [-0.2, -0.15) is 0 Å². The van der Waals surface area contributed by atoms with Gasteiger partial charge in [-0.1, -0.05) is 6.42 Å². The second kappa shape index (κ2) is 102. The molecule has 30 valence electrons. The first-order valence-electron chi connectivity index (χ1n) is 0.925. The van der Waals surface area contributed by atoms with Crippen molar-refractivity contribution in [2.75, 3.05) is 7.11 Å². The molecule has 0 aromatic carbocycles. The largest absolute Gasteiger partial charge is 0.400 e. The molecule has 0 bridgehead atoms. The molecular formula is C3H5FO. The van der Waals surface area contributed by atoms with Gasteiger partial charge in [0, 0.05) is 7.11 Å². The van der Waals surface area contributed by atoms with E-state index >= 15 is 0 Å². The molecule has 0 atom stereocenters. The summed E-state index contributed by atoms with van der Waals surface area (Å²) in [4.78, 5) is 0. The molecule has 0 saturated carbocycles. The van der Waals surface area contributed by atoms with Gasteiger partial charge in [-0.15, -0.1) is 4.39 Å². The van der Waals surface area contributed by atoms with Crippen molar-refractivity contribution in [1.82, 2.24) is 0 Å². The van der Waals surface area contributed by atoms with Crippen LogP contribution in [0.5, 0.6) is 0 Å². The van der Waals surface area contributed by atoms with E-state index in [-0.39, 0.29) is 0 Å². The molecule has 0 aromatic rings. The first-order chi connectivity index (χ1) is 2.41. The summed E-state index contributed by atoms with van der Waals surface area (Å²) in [5.74, 6) is 0. The number of hydrogen-bond acceptors (Lipinski definition) is 1. The standard InChI is InChI=1S/C2HF.CH4O/c1-2-3;1-2/h1H;2H,1H3. The van der Waals surface area contributed by atoms with Crippen molar-refractivity contribution in [2.45, 2.75) is 0 Å². The maximum atomic E-state index is 9.82. The summed E-state index contributed by atoms with van der Waals surface area (Å²) >= 11 is 0. The SMILES string of the molecule is C#CF.CO. The summed E-state index contributed by atoms with van der Waals surface area (Å²) in [6.07, 6.45) is 4.68. The Kier molecular flexibility index (Phi) is 180.